The molecule has 3 nitrogen and oxygen atoms in total. The molecule has 3 aromatic carbocycles. The highest BCUT2D eigenvalue weighted by atomic mass is 19.1. The third-order valence-electron chi connectivity index (χ3n) is 3.84. The molecule has 0 aliphatic carbocycles. The number of hydrogen-bond acceptors (Lipinski definition) is 2. The number of halogens is 1. The maximum Gasteiger partial charge on any atom is 0.336 e. The van der Waals surface area contributed by atoms with Gasteiger partial charge in [0.1, 0.15) is 18.2 Å². The summed E-state index contributed by atoms with van der Waals surface area (Å²) in [6.45, 7) is 0.380. The highest BCUT2D eigenvalue weighted by molar-refractivity contribution is 6.20. The molecule has 0 aliphatic heterocycles. The summed E-state index contributed by atoms with van der Waals surface area (Å²) in [5, 5.41) is 9.55. The van der Waals surface area contributed by atoms with E-state index in [-0.39, 0.29) is 5.57 Å². The summed E-state index contributed by atoms with van der Waals surface area (Å²) in [5.74, 6) is -0.920. The van der Waals surface area contributed by atoms with Gasteiger partial charge in [-0.2, -0.15) is 0 Å². The normalized spacial score (nSPS) is 11.2. The van der Waals surface area contributed by atoms with Crippen molar-refractivity contribution in [3.05, 3.63) is 101 Å². The fourth-order valence-corrected chi connectivity index (χ4v) is 2.52. The van der Waals surface area contributed by atoms with Gasteiger partial charge >= 0.3 is 5.97 Å². The van der Waals surface area contributed by atoms with E-state index in [4.69, 9.17) is 4.74 Å². The van der Waals surface area contributed by atoms with Crippen molar-refractivity contribution < 1.29 is 19.0 Å². The van der Waals surface area contributed by atoms with Crippen molar-refractivity contribution in [2.75, 3.05) is 0 Å². The van der Waals surface area contributed by atoms with Gasteiger partial charge in [-0.3, -0.25) is 0 Å². The van der Waals surface area contributed by atoms with Crippen molar-refractivity contribution in [2.45, 2.75) is 6.61 Å². The predicted molar refractivity (Wildman–Crippen MR) is 99.1 cm³/mol. The smallest absolute Gasteiger partial charge is 0.336 e. The first-order valence-corrected chi connectivity index (χ1v) is 8.10. The van der Waals surface area contributed by atoms with Crippen LogP contribution in [0.4, 0.5) is 4.39 Å². The number of ether oxygens (including phenoxy) is 1. The molecule has 3 rings (SSSR count). The van der Waals surface area contributed by atoms with Gasteiger partial charge in [0.15, 0.2) is 0 Å². The van der Waals surface area contributed by atoms with Gasteiger partial charge in [-0.05, 0) is 35.4 Å². The Morgan fingerprint density at radius 1 is 0.923 bits per heavy atom. The average molecular weight is 348 g/mol. The number of para-hydroxylation sites is 1. The minimum Gasteiger partial charge on any atom is -0.488 e. The fourth-order valence-electron chi connectivity index (χ4n) is 2.52. The minimum atomic E-state index is -1.09. The van der Waals surface area contributed by atoms with Gasteiger partial charge in [0.05, 0.1) is 5.57 Å². The Morgan fingerprint density at radius 2 is 1.58 bits per heavy atom. The molecule has 0 saturated heterocycles. The lowest BCUT2D eigenvalue weighted by atomic mass is 10.0. The van der Waals surface area contributed by atoms with Crippen LogP contribution in [-0.4, -0.2) is 11.1 Å². The lowest BCUT2D eigenvalue weighted by Gasteiger charge is -2.10. The molecule has 3 aromatic rings. The standard InChI is InChI=1S/C22H17FO3/c23-19-12-10-17(11-13-19)20(22(24)25)14-18-8-4-5-9-21(18)26-15-16-6-2-1-3-7-16/h1-14H,15H2,(H,24,25)/b20-14-. The lowest BCUT2D eigenvalue weighted by Crippen LogP contribution is -2.01. The number of aliphatic carboxylic acids is 1. The van der Waals surface area contributed by atoms with Crippen LogP contribution in [0.5, 0.6) is 5.75 Å². The molecule has 0 aliphatic rings. The zero-order valence-electron chi connectivity index (χ0n) is 13.9. The van der Waals surface area contributed by atoms with E-state index in [1.165, 1.54) is 30.3 Å². The summed E-state index contributed by atoms with van der Waals surface area (Å²) in [6, 6.07) is 22.3. The maximum absolute atomic E-state index is 13.1. The molecule has 0 unspecified atom stereocenters. The van der Waals surface area contributed by atoms with Gasteiger partial charge < -0.3 is 9.84 Å². The summed E-state index contributed by atoms with van der Waals surface area (Å²) in [6.07, 6.45) is 1.54. The van der Waals surface area contributed by atoms with Gasteiger partial charge in [-0.15, -0.1) is 0 Å². The second-order valence-electron chi connectivity index (χ2n) is 5.68. The average Bonchev–Trinajstić information content (AvgIpc) is 2.67. The monoisotopic (exact) mass is 348 g/mol. The van der Waals surface area contributed by atoms with E-state index >= 15 is 0 Å². The fraction of sp³-hybridized carbons (Fsp3) is 0.0455. The van der Waals surface area contributed by atoms with Crippen molar-refractivity contribution in [3.8, 4) is 5.75 Å². The Morgan fingerprint density at radius 3 is 2.27 bits per heavy atom. The van der Waals surface area contributed by atoms with Gasteiger partial charge in [0, 0.05) is 5.56 Å². The van der Waals surface area contributed by atoms with Crippen LogP contribution in [0.1, 0.15) is 16.7 Å². The van der Waals surface area contributed by atoms with Crippen LogP contribution in [0, 0.1) is 5.82 Å². The molecule has 0 atom stereocenters. The van der Waals surface area contributed by atoms with Crippen LogP contribution in [0.2, 0.25) is 0 Å². The van der Waals surface area contributed by atoms with Crippen molar-refractivity contribution in [1.29, 1.82) is 0 Å². The molecule has 1 N–H and O–H groups in total. The maximum atomic E-state index is 13.1. The molecule has 0 saturated carbocycles. The van der Waals surface area contributed by atoms with E-state index in [2.05, 4.69) is 0 Å². The zero-order valence-corrected chi connectivity index (χ0v) is 13.9. The largest absolute Gasteiger partial charge is 0.488 e. The van der Waals surface area contributed by atoms with E-state index in [1.807, 2.05) is 42.5 Å². The first-order chi connectivity index (χ1) is 12.6. The topological polar surface area (TPSA) is 46.5 Å². The Balaban J connectivity index is 1.90. The first kappa shape index (κ1) is 17.4. The molecule has 0 radical (unpaired) electrons. The molecule has 0 heterocycles. The molecule has 0 fully saturated rings. The van der Waals surface area contributed by atoms with Gasteiger partial charge in [-0.1, -0.05) is 60.7 Å². The third kappa shape index (κ3) is 4.36. The predicted octanol–water partition coefficient (Wildman–Crippen LogP) is 5.03. The summed E-state index contributed by atoms with van der Waals surface area (Å²) < 4.78 is 19.0. The quantitative estimate of drug-likeness (QED) is 0.502. The number of benzene rings is 3. The Labute approximate surface area is 151 Å². The van der Waals surface area contributed by atoms with Gasteiger partial charge in [0.2, 0.25) is 0 Å². The SMILES string of the molecule is O=C(O)/C(=C\c1ccccc1OCc1ccccc1)c1ccc(F)cc1. The molecule has 0 bridgehead atoms. The zero-order chi connectivity index (χ0) is 18.4. The van der Waals surface area contributed by atoms with E-state index in [0.717, 1.165) is 5.56 Å². The Bertz CT molecular complexity index is 916. The molecule has 26 heavy (non-hydrogen) atoms. The van der Waals surface area contributed by atoms with Crippen molar-refractivity contribution in [3.63, 3.8) is 0 Å². The Kier molecular flexibility index (Phi) is 5.44. The van der Waals surface area contributed by atoms with Crippen LogP contribution in [-0.2, 0) is 11.4 Å². The molecular formula is C22H17FO3. The third-order valence-corrected chi connectivity index (χ3v) is 3.84. The Hall–Kier alpha value is -3.40. The van der Waals surface area contributed by atoms with E-state index in [9.17, 15) is 14.3 Å². The molecule has 0 aromatic heterocycles. The number of carboxylic acids is 1. The number of carboxylic acid groups (broad SMARTS) is 1. The molecule has 0 spiro atoms. The summed E-state index contributed by atoms with van der Waals surface area (Å²) in [5.41, 5.74) is 2.16. The molecule has 4 heteroatoms. The van der Waals surface area contributed by atoms with Gasteiger partial charge in [-0.25, -0.2) is 9.18 Å². The minimum absolute atomic E-state index is 0.0701. The summed E-state index contributed by atoms with van der Waals surface area (Å²) in [4.78, 5) is 11.7. The van der Waals surface area contributed by atoms with Gasteiger partial charge in [0.25, 0.3) is 0 Å². The van der Waals surface area contributed by atoms with Crippen LogP contribution in [0.3, 0.4) is 0 Å². The highest BCUT2D eigenvalue weighted by Crippen LogP contribution is 2.26. The van der Waals surface area contributed by atoms with E-state index in [0.29, 0.717) is 23.5 Å². The van der Waals surface area contributed by atoms with E-state index < -0.39 is 11.8 Å². The van der Waals surface area contributed by atoms with Crippen LogP contribution < -0.4 is 4.74 Å². The van der Waals surface area contributed by atoms with Crippen molar-refractivity contribution >= 4 is 17.6 Å². The molecular weight excluding hydrogens is 331 g/mol. The van der Waals surface area contributed by atoms with Crippen LogP contribution >= 0.6 is 0 Å². The lowest BCUT2D eigenvalue weighted by molar-refractivity contribution is -0.130. The molecule has 130 valence electrons. The second kappa shape index (κ2) is 8.12. The van der Waals surface area contributed by atoms with Crippen LogP contribution in [0.15, 0.2) is 78.9 Å². The van der Waals surface area contributed by atoms with Crippen LogP contribution in [0.25, 0.3) is 11.6 Å². The number of hydrogen-bond donors (Lipinski definition) is 1. The first-order valence-electron chi connectivity index (χ1n) is 8.10. The summed E-state index contributed by atoms with van der Waals surface area (Å²) >= 11 is 0. The number of carbonyl (C=O) groups is 1. The van der Waals surface area contributed by atoms with E-state index in [1.54, 1.807) is 12.1 Å². The van der Waals surface area contributed by atoms with Crippen molar-refractivity contribution in [2.24, 2.45) is 0 Å². The second-order valence-corrected chi connectivity index (χ2v) is 5.68. The number of rotatable bonds is 6. The highest BCUT2D eigenvalue weighted by Gasteiger charge is 2.12. The molecule has 0 amide bonds. The van der Waals surface area contributed by atoms with Crippen molar-refractivity contribution in [1.82, 2.24) is 0 Å². The summed E-state index contributed by atoms with van der Waals surface area (Å²) in [7, 11) is 0.